The van der Waals surface area contributed by atoms with Crippen LogP contribution in [0.25, 0.3) is 0 Å². The van der Waals surface area contributed by atoms with Gasteiger partial charge < -0.3 is 15.2 Å². The predicted octanol–water partition coefficient (Wildman–Crippen LogP) is 0.0954. The van der Waals surface area contributed by atoms with Gasteiger partial charge in [0.05, 0.1) is 0 Å². The molecular weight excluding hydrogens is 366 g/mol. The van der Waals surface area contributed by atoms with Crippen molar-refractivity contribution in [1.82, 2.24) is 20.8 Å². The summed E-state index contributed by atoms with van der Waals surface area (Å²) in [5.74, 6) is -1.97. The van der Waals surface area contributed by atoms with Crippen LogP contribution in [0.4, 0.5) is 5.82 Å². The number of carbonyl (C=O) groups excluding carboxylic acids is 3. The zero-order chi connectivity index (χ0) is 18.9. The number of benzene rings is 1. The van der Waals surface area contributed by atoms with Crippen LogP contribution >= 0.6 is 11.6 Å². The van der Waals surface area contributed by atoms with Crippen molar-refractivity contribution in [3.05, 3.63) is 47.4 Å². The quantitative estimate of drug-likeness (QED) is 0.473. The van der Waals surface area contributed by atoms with Crippen molar-refractivity contribution in [1.29, 1.82) is 0 Å². The number of aromatic nitrogens is 2. The Morgan fingerprint density at radius 3 is 2.27 bits per heavy atom. The first-order chi connectivity index (χ1) is 12.5. The molecule has 0 saturated heterocycles. The van der Waals surface area contributed by atoms with E-state index in [1.165, 1.54) is 12.4 Å². The highest BCUT2D eigenvalue weighted by Crippen LogP contribution is 2.15. The fourth-order valence-electron chi connectivity index (χ4n) is 1.60. The molecule has 136 valence electrons. The summed E-state index contributed by atoms with van der Waals surface area (Å²) in [5.41, 5.74) is 9.43. The molecule has 0 aliphatic rings. The fourth-order valence-corrected chi connectivity index (χ4v) is 1.72. The minimum Gasteiger partial charge on any atom is -0.484 e. The topological polar surface area (TPSA) is 146 Å². The summed E-state index contributed by atoms with van der Waals surface area (Å²) in [4.78, 5) is 42.2. The Hall–Kier alpha value is -3.40. The summed E-state index contributed by atoms with van der Waals surface area (Å²) in [5, 5.41) is 0.534. The minimum atomic E-state index is -0.914. The average molecular weight is 380 g/mol. The van der Waals surface area contributed by atoms with E-state index in [4.69, 9.17) is 26.8 Å². The van der Waals surface area contributed by atoms with E-state index in [1.54, 1.807) is 24.3 Å². The van der Waals surface area contributed by atoms with Crippen LogP contribution in [0.2, 0.25) is 5.02 Å². The molecule has 1 heterocycles. The lowest BCUT2D eigenvalue weighted by Crippen LogP contribution is -2.45. The maximum Gasteiger partial charge on any atom is 0.361 e. The molecule has 10 nitrogen and oxygen atoms in total. The second-order valence-corrected chi connectivity index (χ2v) is 5.14. The molecule has 1 aromatic heterocycles. The number of carbonyl (C=O) groups is 3. The highest BCUT2D eigenvalue weighted by atomic mass is 35.5. The highest BCUT2D eigenvalue weighted by Gasteiger charge is 2.15. The normalized spacial score (nSPS) is 9.88. The van der Waals surface area contributed by atoms with Gasteiger partial charge in [-0.15, -0.1) is 0 Å². The Balaban J connectivity index is 1.68. The first-order valence-corrected chi connectivity index (χ1v) is 7.53. The summed E-state index contributed by atoms with van der Waals surface area (Å²) in [6, 6.07) is 6.39. The van der Waals surface area contributed by atoms with Crippen LogP contribution in [-0.4, -0.2) is 41.0 Å². The van der Waals surface area contributed by atoms with Crippen LogP contribution in [0.5, 0.6) is 5.75 Å². The van der Waals surface area contributed by atoms with Crippen LogP contribution in [0.1, 0.15) is 10.5 Å². The Morgan fingerprint density at radius 1 is 1.00 bits per heavy atom. The Morgan fingerprint density at radius 2 is 1.62 bits per heavy atom. The van der Waals surface area contributed by atoms with Crippen LogP contribution in [0.3, 0.4) is 0 Å². The third-order valence-corrected chi connectivity index (χ3v) is 3.03. The summed E-state index contributed by atoms with van der Waals surface area (Å²) in [7, 11) is 0. The first kappa shape index (κ1) is 18.9. The monoisotopic (exact) mass is 379 g/mol. The zero-order valence-corrected chi connectivity index (χ0v) is 14.0. The number of nitrogens with two attached hydrogens (primary N) is 1. The summed E-state index contributed by atoms with van der Waals surface area (Å²) in [6.45, 7) is -0.981. The van der Waals surface area contributed by atoms with Gasteiger partial charge in [0.15, 0.2) is 24.7 Å². The molecule has 0 radical (unpaired) electrons. The van der Waals surface area contributed by atoms with Gasteiger partial charge in [0, 0.05) is 17.4 Å². The third kappa shape index (κ3) is 5.91. The van der Waals surface area contributed by atoms with Gasteiger partial charge in [-0.25, -0.2) is 14.8 Å². The number of rotatable bonds is 6. The van der Waals surface area contributed by atoms with E-state index in [2.05, 4.69) is 20.8 Å². The number of nitrogens with one attached hydrogen (secondary N) is 2. The van der Waals surface area contributed by atoms with Crippen molar-refractivity contribution < 1.29 is 23.9 Å². The first-order valence-electron chi connectivity index (χ1n) is 7.15. The standard InChI is InChI=1S/C15H14ClN5O5/c16-9-1-3-10(4-2-9)25-7-11(22)20-21-12(23)8-26-15(24)13-14(17)19-6-5-18-13/h1-6H,7-8H2,(H2,17,19)(H,20,22)(H,21,23). The maximum absolute atomic E-state index is 11.7. The van der Waals surface area contributed by atoms with E-state index in [0.717, 1.165) is 0 Å². The third-order valence-electron chi connectivity index (χ3n) is 2.78. The van der Waals surface area contributed by atoms with Gasteiger partial charge in [0.2, 0.25) is 0 Å². The van der Waals surface area contributed by atoms with E-state index in [1.807, 2.05) is 0 Å². The van der Waals surface area contributed by atoms with Gasteiger partial charge in [-0.2, -0.15) is 0 Å². The van der Waals surface area contributed by atoms with Crippen molar-refractivity contribution in [2.24, 2.45) is 0 Å². The zero-order valence-electron chi connectivity index (χ0n) is 13.3. The second kappa shape index (κ2) is 9.18. The molecule has 2 rings (SSSR count). The number of amides is 2. The molecule has 0 fully saturated rings. The highest BCUT2D eigenvalue weighted by molar-refractivity contribution is 6.30. The van der Waals surface area contributed by atoms with E-state index >= 15 is 0 Å². The number of hydrogen-bond donors (Lipinski definition) is 3. The molecule has 0 spiro atoms. The lowest BCUT2D eigenvalue weighted by atomic mass is 10.3. The molecular formula is C15H14ClN5O5. The van der Waals surface area contributed by atoms with E-state index in [0.29, 0.717) is 10.8 Å². The fraction of sp³-hybridized carbons (Fsp3) is 0.133. The van der Waals surface area contributed by atoms with Crippen LogP contribution in [-0.2, 0) is 14.3 Å². The average Bonchev–Trinajstić information content (AvgIpc) is 2.64. The minimum absolute atomic E-state index is 0.120. The van der Waals surface area contributed by atoms with Gasteiger partial charge in [-0.1, -0.05) is 11.6 Å². The van der Waals surface area contributed by atoms with Crippen molar-refractivity contribution in [3.8, 4) is 5.75 Å². The number of anilines is 1. The Kier molecular flexibility index (Phi) is 6.68. The lowest BCUT2D eigenvalue weighted by molar-refractivity contribution is -0.131. The molecule has 0 atom stereocenters. The van der Waals surface area contributed by atoms with Gasteiger partial charge in [-0.3, -0.25) is 20.4 Å². The molecule has 0 unspecified atom stereocenters. The molecule has 0 bridgehead atoms. The summed E-state index contributed by atoms with van der Waals surface area (Å²) >= 11 is 5.73. The van der Waals surface area contributed by atoms with Crippen molar-refractivity contribution in [3.63, 3.8) is 0 Å². The number of hydrogen-bond acceptors (Lipinski definition) is 8. The molecule has 11 heteroatoms. The van der Waals surface area contributed by atoms with E-state index < -0.39 is 24.4 Å². The lowest BCUT2D eigenvalue weighted by Gasteiger charge is -2.09. The van der Waals surface area contributed by atoms with E-state index in [-0.39, 0.29) is 18.1 Å². The largest absolute Gasteiger partial charge is 0.484 e. The Bertz CT molecular complexity index is 799. The van der Waals surface area contributed by atoms with Crippen LogP contribution < -0.4 is 21.3 Å². The molecule has 0 aliphatic carbocycles. The molecule has 26 heavy (non-hydrogen) atoms. The van der Waals surface area contributed by atoms with Crippen LogP contribution in [0.15, 0.2) is 36.7 Å². The van der Waals surface area contributed by atoms with Gasteiger partial charge in [-0.05, 0) is 24.3 Å². The number of nitrogen functional groups attached to an aromatic ring is 1. The number of hydrazine groups is 1. The number of halogens is 1. The molecule has 1 aromatic carbocycles. The van der Waals surface area contributed by atoms with Crippen molar-refractivity contribution >= 4 is 35.2 Å². The molecule has 0 aliphatic heterocycles. The van der Waals surface area contributed by atoms with Gasteiger partial charge in [0.1, 0.15) is 5.75 Å². The second-order valence-electron chi connectivity index (χ2n) is 4.71. The van der Waals surface area contributed by atoms with Crippen LogP contribution in [0, 0.1) is 0 Å². The molecule has 2 aromatic rings. The van der Waals surface area contributed by atoms with Gasteiger partial charge in [0.25, 0.3) is 11.8 Å². The smallest absolute Gasteiger partial charge is 0.361 e. The summed E-state index contributed by atoms with van der Waals surface area (Å²) in [6.07, 6.45) is 2.56. The predicted molar refractivity (Wildman–Crippen MR) is 90.0 cm³/mol. The molecule has 0 saturated carbocycles. The molecule has 4 N–H and O–H groups in total. The Labute approximate surface area is 152 Å². The molecule has 2 amide bonds. The number of nitrogens with zero attached hydrogens (tertiary/aromatic N) is 2. The van der Waals surface area contributed by atoms with E-state index in [9.17, 15) is 14.4 Å². The SMILES string of the molecule is Nc1nccnc1C(=O)OCC(=O)NNC(=O)COc1ccc(Cl)cc1. The summed E-state index contributed by atoms with van der Waals surface area (Å²) < 4.78 is 9.90. The van der Waals surface area contributed by atoms with Crippen molar-refractivity contribution in [2.45, 2.75) is 0 Å². The van der Waals surface area contributed by atoms with Crippen molar-refractivity contribution in [2.75, 3.05) is 18.9 Å². The number of esters is 1. The number of ether oxygens (including phenoxy) is 2. The maximum atomic E-state index is 11.7. The van der Waals surface area contributed by atoms with Gasteiger partial charge >= 0.3 is 5.97 Å².